The van der Waals surface area contributed by atoms with Gasteiger partial charge in [0.15, 0.2) is 0 Å². The van der Waals surface area contributed by atoms with Gasteiger partial charge in [0.05, 0.1) is 19.7 Å². The lowest BCUT2D eigenvalue weighted by molar-refractivity contribution is -0.144. The summed E-state index contributed by atoms with van der Waals surface area (Å²) in [4.78, 5) is 109. The Kier molecular flexibility index (Phi) is 16.4. The van der Waals surface area contributed by atoms with E-state index in [1.165, 1.54) is 12.0 Å². The molecule has 0 spiro atoms. The van der Waals surface area contributed by atoms with Gasteiger partial charge >= 0.3 is 12.1 Å². The number of carbonyl (C=O) groups is 8. The Hall–Kier alpha value is -5.02. The van der Waals surface area contributed by atoms with Gasteiger partial charge in [0.1, 0.15) is 24.2 Å². The minimum atomic E-state index is -1.19. The number of fused-ring (bicyclic) bond motifs is 1. The number of unbranched alkanes of at least 4 members (excludes halogenated alkanes) is 1. The number of hydrogen-bond donors (Lipinski definition) is 4. The van der Waals surface area contributed by atoms with Gasteiger partial charge in [-0.15, -0.1) is 0 Å². The van der Waals surface area contributed by atoms with Crippen molar-refractivity contribution in [3.63, 3.8) is 0 Å². The lowest BCUT2D eigenvalue weighted by Crippen LogP contribution is -2.59. The maximum atomic E-state index is 14.5. The van der Waals surface area contributed by atoms with E-state index in [2.05, 4.69) is 26.0 Å². The van der Waals surface area contributed by atoms with Gasteiger partial charge in [-0.05, 0) is 61.5 Å². The van der Waals surface area contributed by atoms with Gasteiger partial charge in [-0.1, -0.05) is 65.3 Å². The number of hydrogen-bond acceptors (Lipinski definition) is 10. The maximum absolute atomic E-state index is 14.5. The molecule has 4 rings (SSSR count). The van der Waals surface area contributed by atoms with Crippen LogP contribution in [0, 0.1) is 11.8 Å². The summed E-state index contributed by atoms with van der Waals surface area (Å²) in [6.07, 6.45) is 2.44. The third kappa shape index (κ3) is 12.7. The predicted octanol–water partition coefficient (Wildman–Crippen LogP) is 2.30. The topological polar surface area (TPSA) is 210 Å². The molecule has 16 heteroatoms. The fraction of sp³-hybridized carbons (Fsp3) is 0.659. The number of rotatable bonds is 19. The van der Waals surface area contributed by atoms with E-state index in [1.54, 1.807) is 32.6 Å². The van der Waals surface area contributed by atoms with Crippen molar-refractivity contribution in [3.05, 3.63) is 35.4 Å². The molecule has 0 aromatic heterocycles. The van der Waals surface area contributed by atoms with Crippen LogP contribution in [0.2, 0.25) is 0 Å². The quantitative estimate of drug-likeness (QED) is 0.0913. The molecule has 314 valence electrons. The lowest BCUT2D eigenvalue weighted by Gasteiger charge is -2.32. The molecule has 1 saturated carbocycles. The van der Waals surface area contributed by atoms with E-state index in [9.17, 15) is 38.4 Å². The molecule has 3 aliphatic rings. The first-order chi connectivity index (χ1) is 27.1. The minimum Gasteiger partial charge on any atom is -0.469 e. The summed E-state index contributed by atoms with van der Waals surface area (Å²) >= 11 is 0. The van der Waals surface area contributed by atoms with Crippen molar-refractivity contribution in [2.45, 2.75) is 142 Å². The summed E-state index contributed by atoms with van der Waals surface area (Å²) in [5, 5.41) is 10.9. The van der Waals surface area contributed by atoms with Crippen LogP contribution in [0.5, 0.6) is 0 Å². The molecule has 16 nitrogen and oxygen atoms in total. The van der Waals surface area contributed by atoms with Crippen LogP contribution >= 0.6 is 0 Å². The average Bonchev–Trinajstić information content (AvgIpc) is 3.90. The molecule has 2 heterocycles. The summed E-state index contributed by atoms with van der Waals surface area (Å²) in [6, 6.07) is 3.30. The maximum Gasteiger partial charge on any atom is 0.410 e. The number of likely N-dealkylation sites (tertiary alicyclic amines) is 1. The van der Waals surface area contributed by atoms with Crippen molar-refractivity contribution >= 4 is 47.4 Å². The number of nitrogens with one attached hydrogen (secondary N) is 4. The fourth-order valence-corrected chi connectivity index (χ4v) is 7.08. The Balaban J connectivity index is 1.50. The first kappa shape index (κ1) is 44.7. The molecule has 1 saturated heterocycles. The number of nitrogens with zero attached hydrogens (tertiary/aromatic N) is 2. The van der Waals surface area contributed by atoms with E-state index in [0.29, 0.717) is 38.8 Å². The molecule has 5 atom stereocenters. The molecule has 0 bridgehead atoms. The van der Waals surface area contributed by atoms with Gasteiger partial charge in [0.25, 0.3) is 5.91 Å². The van der Waals surface area contributed by atoms with Crippen molar-refractivity contribution in [3.8, 4) is 0 Å². The van der Waals surface area contributed by atoms with E-state index in [1.807, 2.05) is 31.2 Å². The second-order valence-electron chi connectivity index (χ2n) is 16.0. The highest BCUT2D eigenvalue weighted by Gasteiger charge is 2.46. The Bertz CT molecular complexity index is 1640. The van der Waals surface area contributed by atoms with Gasteiger partial charge in [-0.25, -0.2) is 4.79 Å². The second-order valence-corrected chi connectivity index (χ2v) is 16.0. The molecule has 4 N–H and O–H groups in total. The largest absolute Gasteiger partial charge is 0.469 e. The van der Waals surface area contributed by atoms with Crippen LogP contribution in [0.25, 0.3) is 0 Å². The first-order valence-electron chi connectivity index (χ1n) is 20.3. The van der Waals surface area contributed by atoms with Crippen LogP contribution in [-0.4, -0.2) is 114 Å². The van der Waals surface area contributed by atoms with Crippen LogP contribution in [0.1, 0.15) is 104 Å². The zero-order chi connectivity index (χ0) is 41.8. The molecular weight excluding hydrogens is 736 g/mol. The van der Waals surface area contributed by atoms with E-state index < -0.39 is 71.7 Å². The van der Waals surface area contributed by atoms with E-state index in [4.69, 9.17) is 4.74 Å². The standard InChI is InChI=1S/C41H60N6O10/c1-7-12-30(36(50)39(53)42-28-17-18-28)43-37(51)31-21-29(57-41(55)46-20-19-26-13-8-9-14-27(26)22-46)23-47(31)40(54)35(25(4)5)45-38(52)34(24(2)3)44-32(48)15-10-11-16-33(49)56-6/h8-9,13-14,24-25,28-31,34-35H,7,10-12,15-23H2,1-6H3,(H,42,53)(H,43,51)(H,44,48)(H,45,52)/t29-,30?,31?,34-,35+/m1/s1. The Morgan fingerprint density at radius 3 is 2.16 bits per heavy atom. The Morgan fingerprint density at radius 1 is 0.860 bits per heavy atom. The fourth-order valence-electron chi connectivity index (χ4n) is 7.08. The van der Waals surface area contributed by atoms with Crippen molar-refractivity contribution < 1.29 is 47.8 Å². The third-order valence-electron chi connectivity index (χ3n) is 10.6. The monoisotopic (exact) mass is 796 g/mol. The summed E-state index contributed by atoms with van der Waals surface area (Å²) in [6.45, 7) is 9.43. The van der Waals surface area contributed by atoms with Crippen molar-refractivity contribution in [2.75, 3.05) is 20.2 Å². The van der Waals surface area contributed by atoms with Crippen LogP contribution < -0.4 is 21.3 Å². The summed E-state index contributed by atoms with van der Waals surface area (Å²) < 4.78 is 10.6. The third-order valence-corrected chi connectivity index (χ3v) is 10.6. The molecule has 1 aromatic rings. The van der Waals surface area contributed by atoms with Crippen molar-refractivity contribution in [1.29, 1.82) is 0 Å². The molecule has 2 unspecified atom stereocenters. The van der Waals surface area contributed by atoms with E-state index in [0.717, 1.165) is 24.0 Å². The molecule has 1 aliphatic carbocycles. The molecule has 2 aliphatic heterocycles. The smallest absolute Gasteiger partial charge is 0.410 e. The summed E-state index contributed by atoms with van der Waals surface area (Å²) in [5.74, 6) is -5.03. The normalized spacial score (nSPS) is 19.2. The molecule has 0 radical (unpaired) electrons. The van der Waals surface area contributed by atoms with Gasteiger partial charge in [-0.2, -0.15) is 0 Å². The first-order valence-corrected chi connectivity index (χ1v) is 20.3. The highest BCUT2D eigenvalue weighted by molar-refractivity contribution is 6.38. The molecule has 2 fully saturated rings. The number of carbonyl (C=O) groups excluding carboxylic acids is 8. The van der Waals surface area contributed by atoms with Crippen molar-refractivity contribution in [2.24, 2.45) is 11.8 Å². The zero-order valence-electron chi connectivity index (χ0n) is 34.1. The minimum absolute atomic E-state index is 0.0592. The SMILES string of the molecule is CCCC(NC(=O)C1C[C@@H](OC(=O)N2CCc3ccccc3C2)CN1C(=O)[C@@H](NC(=O)[C@H](NC(=O)CCCCC(=O)OC)C(C)C)C(C)C)C(=O)C(=O)NC1CC1. The summed E-state index contributed by atoms with van der Waals surface area (Å²) in [7, 11) is 1.29. The van der Waals surface area contributed by atoms with E-state index >= 15 is 0 Å². The van der Waals surface area contributed by atoms with Crippen LogP contribution in [0.4, 0.5) is 4.79 Å². The number of benzene rings is 1. The van der Waals surface area contributed by atoms with Crippen LogP contribution in [0.15, 0.2) is 24.3 Å². The number of Topliss-reactive ketones (excluding diaryl/α,β-unsaturated/α-hetero) is 1. The second kappa shape index (κ2) is 20.9. The zero-order valence-corrected chi connectivity index (χ0v) is 34.1. The summed E-state index contributed by atoms with van der Waals surface area (Å²) in [5.41, 5.74) is 2.15. The average molecular weight is 797 g/mol. The lowest BCUT2D eigenvalue weighted by atomic mass is 9.98. The highest BCUT2D eigenvalue weighted by atomic mass is 16.6. The molecule has 57 heavy (non-hydrogen) atoms. The van der Waals surface area contributed by atoms with Crippen molar-refractivity contribution in [1.82, 2.24) is 31.1 Å². The molecular formula is C41H60N6O10. The molecule has 1 aromatic carbocycles. The van der Waals surface area contributed by atoms with Gasteiger partial charge in [0.2, 0.25) is 29.4 Å². The number of esters is 1. The van der Waals surface area contributed by atoms with Gasteiger partial charge < -0.3 is 40.5 Å². The highest BCUT2D eigenvalue weighted by Crippen LogP contribution is 2.26. The van der Waals surface area contributed by atoms with E-state index in [-0.39, 0.29) is 56.1 Å². The Morgan fingerprint density at radius 2 is 1.53 bits per heavy atom. The van der Waals surface area contributed by atoms with Crippen LogP contribution in [-0.2, 0) is 56.0 Å². The number of amides is 6. The van der Waals surface area contributed by atoms with Gasteiger partial charge in [-0.3, -0.25) is 33.6 Å². The van der Waals surface area contributed by atoms with Gasteiger partial charge in [0, 0.05) is 38.4 Å². The Labute approximate surface area is 334 Å². The van der Waals surface area contributed by atoms with Crippen LogP contribution in [0.3, 0.4) is 0 Å². The number of methoxy groups -OCH3 is 1. The number of ether oxygens (including phenoxy) is 2. The number of ketones is 1. The predicted molar refractivity (Wildman–Crippen MR) is 208 cm³/mol. The molecule has 6 amide bonds.